The molecule has 0 radical (unpaired) electrons. The van der Waals surface area contributed by atoms with Gasteiger partial charge in [-0.25, -0.2) is 0 Å². The highest BCUT2D eigenvalue weighted by Crippen LogP contribution is 2.45. The minimum absolute atomic E-state index is 0.199. The van der Waals surface area contributed by atoms with E-state index in [1.165, 1.54) is 5.56 Å². The van der Waals surface area contributed by atoms with E-state index in [-0.39, 0.29) is 5.91 Å². The van der Waals surface area contributed by atoms with Crippen molar-refractivity contribution in [3.8, 4) is 17.2 Å². The smallest absolute Gasteiger partial charge is 0.227 e. The molecule has 0 saturated carbocycles. The summed E-state index contributed by atoms with van der Waals surface area (Å²) in [6, 6.07) is 10.8. The molecule has 35 heavy (non-hydrogen) atoms. The summed E-state index contributed by atoms with van der Waals surface area (Å²) in [5.41, 5.74) is 7.79. The lowest BCUT2D eigenvalue weighted by Gasteiger charge is -2.21. The van der Waals surface area contributed by atoms with Gasteiger partial charge in [-0.2, -0.15) is 0 Å². The van der Waals surface area contributed by atoms with Crippen LogP contribution in [0.5, 0.6) is 17.2 Å². The molecular formula is C29H36N2O4. The molecule has 0 bridgehead atoms. The van der Waals surface area contributed by atoms with Crippen LogP contribution in [0.25, 0.3) is 17.2 Å². The van der Waals surface area contributed by atoms with Crippen molar-refractivity contribution in [2.45, 2.75) is 32.7 Å². The third-order valence-corrected chi connectivity index (χ3v) is 7.22. The fourth-order valence-electron chi connectivity index (χ4n) is 5.13. The van der Waals surface area contributed by atoms with Gasteiger partial charge in [-0.3, -0.25) is 4.79 Å². The number of carbonyl (C=O) groups excluding carboxylic acids is 1. The number of ether oxygens (including phenoxy) is 3. The number of likely N-dealkylation sites (tertiary alicyclic amines) is 1. The van der Waals surface area contributed by atoms with E-state index < -0.39 is 0 Å². The number of likely N-dealkylation sites (N-methyl/N-ethyl adjacent to an activating group) is 1. The molecule has 186 valence electrons. The van der Waals surface area contributed by atoms with Crippen LogP contribution < -0.4 is 14.2 Å². The first-order chi connectivity index (χ1) is 16.8. The number of carbonyl (C=O) groups is 1. The molecule has 1 atom stereocenters. The van der Waals surface area contributed by atoms with Crippen molar-refractivity contribution in [3.63, 3.8) is 0 Å². The Balaban J connectivity index is 1.72. The van der Waals surface area contributed by atoms with Gasteiger partial charge in [0.1, 0.15) is 0 Å². The standard InChI is InChI=1S/C29H36N2O4/c1-18-8-9-22-23(13-20-14-26(33-5)29(35-7)27(15-20)34-6)19(2)24(25(22)12-18)16-28(32)31-11-10-21(17-31)30(3)4/h8-9,12-15,21H,10-11,16-17H2,1-7H3/b23-13-/t21-/m1/s1. The Labute approximate surface area is 208 Å². The van der Waals surface area contributed by atoms with Crippen LogP contribution in [0.3, 0.4) is 0 Å². The Morgan fingerprint density at radius 3 is 2.29 bits per heavy atom. The highest BCUT2D eigenvalue weighted by molar-refractivity contribution is 6.08. The molecule has 1 fully saturated rings. The Kier molecular flexibility index (Phi) is 7.22. The molecule has 1 heterocycles. The second-order valence-electron chi connectivity index (χ2n) is 9.59. The number of aryl methyl sites for hydroxylation is 1. The number of methoxy groups -OCH3 is 3. The average Bonchev–Trinajstić information content (AvgIpc) is 3.43. The average molecular weight is 477 g/mol. The molecule has 0 unspecified atom stereocenters. The fourth-order valence-corrected chi connectivity index (χ4v) is 5.13. The first-order valence-electron chi connectivity index (χ1n) is 12.0. The lowest BCUT2D eigenvalue weighted by atomic mass is 9.98. The van der Waals surface area contributed by atoms with Crippen LogP contribution in [-0.4, -0.2) is 70.3 Å². The molecule has 1 aliphatic heterocycles. The minimum atomic E-state index is 0.199. The summed E-state index contributed by atoms with van der Waals surface area (Å²) in [4.78, 5) is 17.5. The van der Waals surface area contributed by atoms with Crippen molar-refractivity contribution in [2.75, 3.05) is 48.5 Å². The van der Waals surface area contributed by atoms with Crippen LogP contribution in [0.15, 0.2) is 35.9 Å². The molecule has 2 aromatic carbocycles. The van der Waals surface area contributed by atoms with Gasteiger partial charge in [-0.15, -0.1) is 0 Å². The van der Waals surface area contributed by atoms with Crippen LogP contribution in [0.1, 0.15) is 42.0 Å². The highest BCUT2D eigenvalue weighted by atomic mass is 16.5. The largest absolute Gasteiger partial charge is 0.493 e. The van der Waals surface area contributed by atoms with Gasteiger partial charge >= 0.3 is 0 Å². The highest BCUT2D eigenvalue weighted by Gasteiger charge is 2.31. The second-order valence-corrected chi connectivity index (χ2v) is 9.59. The number of hydrogen-bond acceptors (Lipinski definition) is 5. The Bertz CT molecular complexity index is 1170. The van der Waals surface area contributed by atoms with E-state index >= 15 is 0 Å². The normalized spacial score (nSPS) is 18.5. The minimum Gasteiger partial charge on any atom is -0.493 e. The lowest BCUT2D eigenvalue weighted by molar-refractivity contribution is -0.129. The lowest BCUT2D eigenvalue weighted by Crippen LogP contribution is -2.34. The van der Waals surface area contributed by atoms with E-state index in [9.17, 15) is 4.79 Å². The molecule has 1 saturated heterocycles. The molecule has 1 aliphatic carbocycles. The quantitative estimate of drug-likeness (QED) is 0.569. The summed E-state index contributed by atoms with van der Waals surface area (Å²) in [5.74, 6) is 2.00. The van der Waals surface area contributed by atoms with Gasteiger partial charge in [-0.05, 0) is 86.0 Å². The maximum atomic E-state index is 13.3. The third-order valence-electron chi connectivity index (χ3n) is 7.22. The van der Waals surface area contributed by atoms with E-state index in [1.54, 1.807) is 21.3 Å². The van der Waals surface area contributed by atoms with Crippen LogP contribution in [0, 0.1) is 6.92 Å². The van der Waals surface area contributed by atoms with Crippen molar-refractivity contribution in [1.82, 2.24) is 9.80 Å². The van der Waals surface area contributed by atoms with Crippen LogP contribution >= 0.6 is 0 Å². The Morgan fingerprint density at radius 1 is 1.03 bits per heavy atom. The summed E-state index contributed by atoms with van der Waals surface area (Å²) in [5, 5.41) is 0. The number of nitrogens with zero attached hydrogens (tertiary/aromatic N) is 2. The van der Waals surface area contributed by atoms with Gasteiger partial charge in [0.2, 0.25) is 11.7 Å². The molecule has 6 nitrogen and oxygen atoms in total. The number of allylic oxidation sites excluding steroid dienone is 2. The number of fused-ring (bicyclic) bond motifs is 1. The molecule has 0 N–H and O–H groups in total. The van der Waals surface area contributed by atoms with E-state index in [4.69, 9.17) is 14.2 Å². The summed E-state index contributed by atoms with van der Waals surface area (Å²) in [6.07, 6.45) is 3.58. The molecule has 0 aromatic heterocycles. The zero-order chi connectivity index (χ0) is 25.3. The van der Waals surface area contributed by atoms with E-state index in [1.807, 2.05) is 17.0 Å². The van der Waals surface area contributed by atoms with E-state index in [0.717, 1.165) is 52.9 Å². The topological polar surface area (TPSA) is 51.2 Å². The molecule has 4 rings (SSSR count). The van der Waals surface area contributed by atoms with Crippen molar-refractivity contribution in [2.24, 2.45) is 0 Å². The Hall–Kier alpha value is -3.25. The first kappa shape index (κ1) is 24.9. The summed E-state index contributed by atoms with van der Waals surface area (Å²) in [6.45, 7) is 5.84. The molecule has 2 aliphatic rings. The van der Waals surface area contributed by atoms with Gasteiger partial charge in [0.05, 0.1) is 27.8 Å². The molecular weight excluding hydrogens is 440 g/mol. The molecule has 1 amide bonds. The van der Waals surface area contributed by atoms with Crippen LogP contribution in [-0.2, 0) is 4.79 Å². The number of rotatable bonds is 7. The zero-order valence-corrected chi connectivity index (χ0v) is 21.9. The van der Waals surface area contributed by atoms with Crippen LogP contribution in [0.4, 0.5) is 0 Å². The summed E-state index contributed by atoms with van der Waals surface area (Å²) >= 11 is 0. The van der Waals surface area contributed by atoms with Gasteiger partial charge in [0.15, 0.2) is 11.5 Å². The number of hydrogen-bond donors (Lipinski definition) is 0. The van der Waals surface area contributed by atoms with Crippen molar-refractivity contribution in [1.29, 1.82) is 0 Å². The van der Waals surface area contributed by atoms with Crippen molar-refractivity contribution in [3.05, 3.63) is 58.2 Å². The van der Waals surface area contributed by atoms with Crippen molar-refractivity contribution < 1.29 is 19.0 Å². The maximum Gasteiger partial charge on any atom is 0.227 e. The van der Waals surface area contributed by atoms with Crippen molar-refractivity contribution >= 4 is 23.1 Å². The van der Waals surface area contributed by atoms with E-state index in [2.05, 4.69) is 57.1 Å². The second kappa shape index (κ2) is 10.2. The van der Waals surface area contributed by atoms with Crippen LogP contribution in [0.2, 0.25) is 0 Å². The molecule has 0 spiro atoms. The third kappa shape index (κ3) is 4.80. The monoisotopic (exact) mass is 476 g/mol. The van der Waals surface area contributed by atoms with E-state index in [0.29, 0.717) is 29.7 Å². The maximum absolute atomic E-state index is 13.3. The predicted molar refractivity (Wildman–Crippen MR) is 141 cm³/mol. The van der Waals surface area contributed by atoms with Gasteiger partial charge in [-0.1, -0.05) is 23.8 Å². The Morgan fingerprint density at radius 2 is 1.71 bits per heavy atom. The molecule has 2 aromatic rings. The SMILES string of the molecule is COc1cc(/C=C2/C(C)=C(CC(=O)N3CC[C@@H](N(C)C)C3)c3cc(C)ccc32)cc(OC)c1OC. The van der Waals surface area contributed by atoms with Gasteiger partial charge in [0, 0.05) is 19.1 Å². The number of amides is 1. The molecule has 6 heteroatoms. The fraction of sp³-hybridized carbons (Fsp3) is 0.414. The van der Waals surface area contributed by atoms with Gasteiger partial charge in [0.25, 0.3) is 0 Å². The zero-order valence-electron chi connectivity index (χ0n) is 21.9. The predicted octanol–water partition coefficient (Wildman–Crippen LogP) is 4.90. The number of benzene rings is 2. The first-order valence-corrected chi connectivity index (χ1v) is 12.0. The summed E-state index contributed by atoms with van der Waals surface area (Å²) in [7, 11) is 9.01. The summed E-state index contributed by atoms with van der Waals surface area (Å²) < 4.78 is 16.6. The van der Waals surface area contributed by atoms with Gasteiger partial charge < -0.3 is 24.0 Å².